The van der Waals surface area contributed by atoms with Crippen LogP contribution < -0.4 is 0 Å². The van der Waals surface area contributed by atoms with E-state index in [1.54, 1.807) is 0 Å². The first-order valence-corrected chi connectivity index (χ1v) is 9.48. The minimum absolute atomic E-state index is 0.0656. The second-order valence-corrected chi connectivity index (χ2v) is 7.14. The average molecular weight is 364 g/mol. The zero-order valence-corrected chi connectivity index (χ0v) is 15.3. The van der Waals surface area contributed by atoms with Crippen molar-refractivity contribution < 1.29 is 14.3 Å². The number of amides is 2. The van der Waals surface area contributed by atoms with Gasteiger partial charge in [0.25, 0.3) is 0 Å². The molecule has 0 radical (unpaired) electrons. The van der Waals surface area contributed by atoms with Crippen LogP contribution in [-0.2, 0) is 14.3 Å². The van der Waals surface area contributed by atoms with E-state index in [0.717, 1.165) is 24.2 Å². The molecule has 1 unspecified atom stereocenters. The molecule has 0 aliphatic carbocycles. The topological polar surface area (TPSA) is 49.9 Å². The summed E-state index contributed by atoms with van der Waals surface area (Å²) in [6.07, 6.45) is 0.262. The summed E-state index contributed by atoms with van der Waals surface area (Å²) in [5, 5.41) is 0. The fraction of sp³-hybridized carbons (Fsp3) is 0.364. The van der Waals surface area contributed by atoms with Crippen molar-refractivity contribution in [1.82, 2.24) is 9.80 Å². The molecule has 2 heterocycles. The molecule has 2 aliphatic rings. The number of benzene rings is 2. The molecule has 2 aromatic carbocycles. The standard InChI is InChI=1S/C22H24N2O3/c25-20-15-19(22(26)24(20)16-23-11-13-27-14-12-23)21(17-7-3-1-4-8-17)18-9-5-2-6-10-18/h1-10,19,21H,11-16H2. The maximum absolute atomic E-state index is 13.2. The van der Waals surface area contributed by atoms with Crippen molar-refractivity contribution in [3.63, 3.8) is 0 Å². The van der Waals surface area contributed by atoms with Crippen LogP contribution in [0.15, 0.2) is 60.7 Å². The Balaban J connectivity index is 1.61. The number of imide groups is 1. The Bertz CT molecular complexity index is 748. The van der Waals surface area contributed by atoms with Crippen molar-refractivity contribution in [2.45, 2.75) is 12.3 Å². The summed E-state index contributed by atoms with van der Waals surface area (Å²) in [6, 6.07) is 20.0. The number of rotatable bonds is 5. The molecule has 2 amide bonds. The SMILES string of the molecule is O=C1CC(C(c2ccccc2)c2ccccc2)C(=O)N1CN1CCOCC1. The van der Waals surface area contributed by atoms with E-state index < -0.39 is 0 Å². The minimum atomic E-state index is -0.358. The zero-order chi connectivity index (χ0) is 18.6. The number of ether oxygens (including phenoxy) is 1. The number of carbonyl (C=O) groups is 2. The molecule has 5 heteroatoms. The second-order valence-electron chi connectivity index (χ2n) is 7.14. The second kappa shape index (κ2) is 8.03. The summed E-state index contributed by atoms with van der Waals surface area (Å²) in [4.78, 5) is 29.5. The van der Waals surface area contributed by atoms with Crippen molar-refractivity contribution in [2.24, 2.45) is 5.92 Å². The lowest BCUT2D eigenvalue weighted by atomic mass is 9.80. The molecule has 2 aromatic rings. The lowest BCUT2D eigenvalue weighted by Gasteiger charge is -2.30. The lowest BCUT2D eigenvalue weighted by molar-refractivity contribution is -0.143. The highest BCUT2D eigenvalue weighted by molar-refractivity contribution is 6.04. The number of nitrogens with zero attached hydrogens (tertiary/aromatic N) is 2. The van der Waals surface area contributed by atoms with Gasteiger partial charge >= 0.3 is 0 Å². The average Bonchev–Trinajstić information content (AvgIpc) is 2.99. The molecular weight excluding hydrogens is 340 g/mol. The number of hydrogen-bond acceptors (Lipinski definition) is 4. The van der Waals surface area contributed by atoms with Gasteiger partial charge in [-0.15, -0.1) is 0 Å². The number of likely N-dealkylation sites (tertiary alicyclic amines) is 1. The molecule has 0 saturated carbocycles. The van der Waals surface area contributed by atoms with Crippen molar-refractivity contribution >= 4 is 11.8 Å². The van der Waals surface area contributed by atoms with Gasteiger partial charge in [-0.05, 0) is 11.1 Å². The van der Waals surface area contributed by atoms with Crippen LogP contribution in [0, 0.1) is 5.92 Å². The van der Waals surface area contributed by atoms with Crippen LogP contribution >= 0.6 is 0 Å². The molecule has 0 aromatic heterocycles. The summed E-state index contributed by atoms with van der Waals surface area (Å²) in [6.45, 7) is 3.17. The van der Waals surface area contributed by atoms with Gasteiger partial charge in [0.15, 0.2) is 0 Å². The number of carbonyl (C=O) groups excluding carboxylic acids is 2. The first-order valence-electron chi connectivity index (χ1n) is 9.48. The highest BCUT2D eigenvalue weighted by Crippen LogP contribution is 2.38. The first kappa shape index (κ1) is 17.9. The van der Waals surface area contributed by atoms with E-state index in [-0.39, 0.29) is 30.1 Å². The molecule has 0 spiro atoms. The van der Waals surface area contributed by atoms with Crippen LogP contribution in [0.5, 0.6) is 0 Å². The van der Waals surface area contributed by atoms with Crippen LogP contribution in [0.25, 0.3) is 0 Å². The summed E-state index contributed by atoms with van der Waals surface area (Å²) in [5.41, 5.74) is 2.14. The molecule has 4 rings (SSSR count). The largest absolute Gasteiger partial charge is 0.379 e. The third-order valence-electron chi connectivity index (χ3n) is 5.44. The minimum Gasteiger partial charge on any atom is -0.379 e. The third kappa shape index (κ3) is 3.80. The van der Waals surface area contributed by atoms with Gasteiger partial charge in [0.2, 0.25) is 11.8 Å². The summed E-state index contributed by atoms with van der Waals surface area (Å²) >= 11 is 0. The quantitative estimate of drug-likeness (QED) is 0.765. The van der Waals surface area contributed by atoms with Gasteiger partial charge in [-0.2, -0.15) is 0 Å². The van der Waals surface area contributed by atoms with Gasteiger partial charge in [0.1, 0.15) is 0 Å². The van der Waals surface area contributed by atoms with E-state index in [0.29, 0.717) is 19.9 Å². The van der Waals surface area contributed by atoms with Gasteiger partial charge in [0.05, 0.1) is 25.8 Å². The van der Waals surface area contributed by atoms with Crippen LogP contribution in [0.4, 0.5) is 0 Å². The molecule has 0 bridgehead atoms. The molecule has 1 atom stereocenters. The maximum atomic E-state index is 13.2. The molecule has 5 nitrogen and oxygen atoms in total. The molecular formula is C22H24N2O3. The van der Waals surface area contributed by atoms with Gasteiger partial charge < -0.3 is 4.74 Å². The fourth-order valence-corrected chi connectivity index (χ4v) is 4.04. The maximum Gasteiger partial charge on any atom is 0.234 e. The molecule has 2 aliphatic heterocycles. The Kier molecular flexibility index (Phi) is 5.32. The predicted octanol–water partition coefficient (Wildman–Crippen LogP) is 2.48. The Morgan fingerprint density at radius 3 is 2.00 bits per heavy atom. The zero-order valence-electron chi connectivity index (χ0n) is 15.3. The van der Waals surface area contributed by atoms with E-state index in [1.807, 2.05) is 60.7 Å². The lowest BCUT2D eigenvalue weighted by Crippen LogP contribution is -2.46. The van der Waals surface area contributed by atoms with E-state index in [2.05, 4.69) is 4.90 Å². The Morgan fingerprint density at radius 1 is 0.889 bits per heavy atom. The van der Waals surface area contributed by atoms with Gasteiger partial charge in [-0.3, -0.25) is 19.4 Å². The highest BCUT2D eigenvalue weighted by atomic mass is 16.5. The molecule has 2 saturated heterocycles. The number of hydrogen-bond donors (Lipinski definition) is 0. The van der Waals surface area contributed by atoms with E-state index >= 15 is 0 Å². The third-order valence-corrected chi connectivity index (χ3v) is 5.44. The summed E-state index contributed by atoms with van der Waals surface area (Å²) in [5.74, 6) is -0.612. The Hall–Kier alpha value is -2.50. The van der Waals surface area contributed by atoms with E-state index in [4.69, 9.17) is 4.74 Å². The summed E-state index contributed by atoms with van der Waals surface area (Å²) < 4.78 is 5.36. The molecule has 27 heavy (non-hydrogen) atoms. The Labute approximate surface area is 159 Å². The van der Waals surface area contributed by atoms with Crippen LogP contribution in [0.2, 0.25) is 0 Å². The van der Waals surface area contributed by atoms with Gasteiger partial charge in [-0.25, -0.2) is 0 Å². The van der Waals surface area contributed by atoms with Crippen molar-refractivity contribution in [2.75, 3.05) is 33.0 Å². The van der Waals surface area contributed by atoms with E-state index in [1.165, 1.54) is 4.90 Å². The van der Waals surface area contributed by atoms with Crippen LogP contribution in [0.3, 0.4) is 0 Å². The van der Waals surface area contributed by atoms with Crippen molar-refractivity contribution in [3.05, 3.63) is 71.8 Å². The molecule has 140 valence electrons. The van der Waals surface area contributed by atoms with Crippen LogP contribution in [0.1, 0.15) is 23.5 Å². The smallest absolute Gasteiger partial charge is 0.234 e. The predicted molar refractivity (Wildman–Crippen MR) is 102 cm³/mol. The van der Waals surface area contributed by atoms with Crippen molar-refractivity contribution in [3.8, 4) is 0 Å². The normalized spacial score (nSPS) is 21.2. The molecule has 2 fully saturated rings. The van der Waals surface area contributed by atoms with Crippen molar-refractivity contribution in [1.29, 1.82) is 0 Å². The van der Waals surface area contributed by atoms with Gasteiger partial charge in [0, 0.05) is 25.4 Å². The number of morpholine rings is 1. The Morgan fingerprint density at radius 2 is 1.44 bits per heavy atom. The van der Waals surface area contributed by atoms with E-state index in [9.17, 15) is 9.59 Å². The molecule has 0 N–H and O–H groups in total. The van der Waals surface area contributed by atoms with Gasteiger partial charge in [-0.1, -0.05) is 60.7 Å². The fourth-order valence-electron chi connectivity index (χ4n) is 4.04. The van der Waals surface area contributed by atoms with Crippen LogP contribution in [-0.4, -0.2) is 54.6 Å². The first-order chi connectivity index (χ1) is 13.2. The monoisotopic (exact) mass is 364 g/mol. The summed E-state index contributed by atoms with van der Waals surface area (Å²) in [7, 11) is 0. The highest BCUT2D eigenvalue weighted by Gasteiger charge is 2.44.